The first-order chi connectivity index (χ1) is 7.13. The third-order valence-electron chi connectivity index (χ3n) is 2.27. The molecule has 0 radical (unpaired) electrons. The fourth-order valence-electron chi connectivity index (χ4n) is 1.31. The highest BCUT2D eigenvalue weighted by Crippen LogP contribution is 2.28. The minimum atomic E-state index is -4.17. The van der Waals surface area contributed by atoms with Crippen LogP contribution < -0.4 is 5.73 Å². The number of aryl methyl sites for hydroxylation is 1. The Hall–Kier alpha value is -0.470. The fourth-order valence-corrected chi connectivity index (χ4v) is 2.66. The van der Waals surface area contributed by atoms with Crippen LogP contribution >= 0.6 is 11.3 Å². The predicted octanol–water partition coefficient (Wildman–Crippen LogP) is 0.827. The maximum absolute atomic E-state index is 10.8. The first kappa shape index (κ1) is 13.6. The molecule has 1 heterocycles. The summed E-state index contributed by atoms with van der Waals surface area (Å²) in [6, 6.07) is 3.44. The Morgan fingerprint density at radius 2 is 2.12 bits per heavy atom. The largest absolute Gasteiger partial charge is 0.371 e. The maximum Gasteiger partial charge on any atom is 0.267 e. The van der Waals surface area contributed by atoms with Gasteiger partial charge in [0.05, 0.1) is 10.1 Å². The molecule has 1 aromatic heterocycles. The first-order valence-electron chi connectivity index (χ1n) is 4.67. The van der Waals surface area contributed by atoms with Gasteiger partial charge in [-0.25, -0.2) is 0 Å². The van der Waals surface area contributed by atoms with Crippen LogP contribution in [0.5, 0.6) is 0 Å². The van der Waals surface area contributed by atoms with Crippen molar-refractivity contribution in [3.63, 3.8) is 0 Å². The van der Waals surface area contributed by atoms with Gasteiger partial charge < -0.3 is 5.11 Å². The zero-order chi connectivity index (χ0) is 12.6. The van der Waals surface area contributed by atoms with E-state index in [2.05, 4.69) is 0 Å². The Balaban J connectivity index is 2.88. The van der Waals surface area contributed by atoms with E-state index in [0.29, 0.717) is 4.88 Å². The van der Waals surface area contributed by atoms with E-state index in [4.69, 9.17) is 10.3 Å². The molecule has 1 aromatic rings. The Kier molecular flexibility index (Phi) is 3.76. The highest BCUT2D eigenvalue weighted by atomic mass is 32.2. The van der Waals surface area contributed by atoms with Crippen molar-refractivity contribution in [3.8, 4) is 0 Å². The van der Waals surface area contributed by atoms with E-state index in [1.54, 1.807) is 12.1 Å². The Bertz CT molecular complexity index is 464. The molecule has 0 aromatic carbocycles. The lowest BCUT2D eigenvalue weighted by molar-refractivity contribution is 0.0375. The number of rotatable bonds is 4. The lowest BCUT2D eigenvalue weighted by atomic mass is 10.1. The zero-order valence-electron chi connectivity index (χ0n) is 9.04. The van der Waals surface area contributed by atoms with Gasteiger partial charge in [-0.15, -0.1) is 11.3 Å². The molecule has 0 aliphatic carbocycles. The standard InChI is InChI=1S/C9H15NO4S2/c1-6-3-4-8(15-6)9(10,11)5-7(2)16(12,13)14/h3-4,7,11H,5,10H2,1-2H3,(H,12,13,14). The number of aliphatic hydroxyl groups is 1. The van der Waals surface area contributed by atoms with Crippen molar-refractivity contribution in [3.05, 3.63) is 21.9 Å². The van der Waals surface area contributed by atoms with Crippen molar-refractivity contribution in [2.45, 2.75) is 31.2 Å². The van der Waals surface area contributed by atoms with Crippen molar-refractivity contribution >= 4 is 21.5 Å². The number of nitrogens with two attached hydrogens (primary N) is 1. The predicted molar refractivity (Wildman–Crippen MR) is 62.8 cm³/mol. The van der Waals surface area contributed by atoms with Crippen LogP contribution in [0.15, 0.2) is 12.1 Å². The van der Waals surface area contributed by atoms with Crippen molar-refractivity contribution in [1.82, 2.24) is 0 Å². The molecule has 4 N–H and O–H groups in total. The Labute approximate surface area is 98.7 Å². The van der Waals surface area contributed by atoms with E-state index in [1.807, 2.05) is 6.92 Å². The molecule has 0 spiro atoms. The van der Waals surface area contributed by atoms with E-state index in [9.17, 15) is 13.5 Å². The van der Waals surface area contributed by atoms with E-state index in [1.165, 1.54) is 18.3 Å². The van der Waals surface area contributed by atoms with Gasteiger partial charge in [0, 0.05) is 11.3 Å². The number of hydrogen-bond donors (Lipinski definition) is 3. The molecule has 16 heavy (non-hydrogen) atoms. The van der Waals surface area contributed by atoms with Crippen molar-refractivity contribution in [2.24, 2.45) is 5.73 Å². The molecule has 0 saturated heterocycles. The molecule has 7 heteroatoms. The van der Waals surface area contributed by atoms with Crippen molar-refractivity contribution in [2.75, 3.05) is 0 Å². The molecule has 0 fully saturated rings. The van der Waals surface area contributed by atoms with Crippen LogP contribution in [0.3, 0.4) is 0 Å². The lowest BCUT2D eigenvalue weighted by Gasteiger charge is -2.24. The van der Waals surface area contributed by atoms with E-state index >= 15 is 0 Å². The third-order valence-corrected chi connectivity index (χ3v) is 4.63. The van der Waals surface area contributed by atoms with Crippen LogP contribution in [-0.2, 0) is 15.8 Å². The molecule has 92 valence electrons. The van der Waals surface area contributed by atoms with Crippen molar-refractivity contribution < 1.29 is 18.1 Å². The normalized spacial score (nSPS) is 18.1. The summed E-state index contributed by atoms with van der Waals surface area (Å²) in [6.07, 6.45) is -0.244. The number of hydrogen-bond acceptors (Lipinski definition) is 5. The minimum Gasteiger partial charge on any atom is -0.371 e. The van der Waals surface area contributed by atoms with Gasteiger partial charge in [0.15, 0.2) is 0 Å². The second-order valence-corrected chi connectivity index (χ2v) is 6.99. The van der Waals surface area contributed by atoms with Crippen LogP contribution in [0.1, 0.15) is 23.1 Å². The summed E-state index contributed by atoms with van der Waals surface area (Å²) in [5.41, 5.74) is 3.91. The molecule has 5 nitrogen and oxygen atoms in total. The molecule has 2 atom stereocenters. The first-order valence-corrected chi connectivity index (χ1v) is 6.99. The minimum absolute atomic E-state index is 0.244. The van der Waals surface area contributed by atoms with E-state index < -0.39 is 21.1 Å². The van der Waals surface area contributed by atoms with Crippen molar-refractivity contribution in [1.29, 1.82) is 0 Å². The van der Waals surface area contributed by atoms with E-state index in [0.717, 1.165) is 4.88 Å². The van der Waals surface area contributed by atoms with Gasteiger partial charge in [0.2, 0.25) is 0 Å². The van der Waals surface area contributed by atoms with Gasteiger partial charge in [-0.3, -0.25) is 10.3 Å². The molecule has 0 amide bonds. The maximum atomic E-state index is 10.8. The van der Waals surface area contributed by atoms with Crippen LogP contribution in [0.4, 0.5) is 0 Å². The summed E-state index contributed by atoms with van der Waals surface area (Å²) < 4.78 is 30.5. The summed E-state index contributed by atoms with van der Waals surface area (Å²) in [5.74, 6) is 0. The molecular formula is C9H15NO4S2. The van der Waals surface area contributed by atoms with Crippen LogP contribution in [-0.4, -0.2) is 23.3 Å². The molecular weight excluding hydrogens is 250 g/mol. The third kappa shape index (κ3) is 3.26. The average molecular weight is 265 g/mol. The Morgan fingerprint density at radius 1 is 1.56 bits per heavy atom. The smallest absolute Gasteiger partial charge is 0.267 e. The monoisotopic (exact) mass is 265 g/mol. The van der Waals surface area contributed by atoms with Gasteiger partial charge in [-0.05, 0) is 26.0 Å². The van der Waals surface area contributed by atoms with Crippen LogP contribution in [0.25, 0.3) is 0 Å². The zero-order valence-corrected chi connectivity index (χ0v) is 10.7. The van der Waals surface area contributed by atoms with Gasteiger partial charge >= 0.3 is 0 Å². The topological polar surface area (TPSA) is 101 Å². The molecule has 0 aliphatic heterocycles. The van der Waals surface area contributed by atoms with Gasteiger partial charge in [0.25, 0.3) is 10.1 Å². The number of thiophene rings is 1. The molecule has 0 aliphatic rings. The molecule has 2 unspecified atom stereocenters. The second kappa shape index (κ2) is 4.42. The molecule has 0 bridgehead atoms. The SMILES string of the molecule is Cc1ccc(C(N)(O)CC(C)S(=O)(=O)O)s1. The van der Waals surface area contributed by atoms with Gasteiger partial charge in [0.1, 0.15) is 5.72 Å². The summed E-state index contributed by atoms with van der Waals surface area (Å²) in [7, 11) is -4.17. The van der Waals surface area contributed by atoms with E-state index in [-0.39, 0.29) is 6.42 Å². The molecule has 1 rings (SSSR count). The molecule has 0 saturated carbocycles. The summed E-state index contributed by atoms with van der Waals surface area (Å²) in [6.45, 7) is 3.16. The second-order valence-electron chi connectivity index (χ2n) is 3.86. The van der Waals surface area contributed by atoms with Gasteiger partial charge in [-0.1, -0.05) is 0 Å². The Morgan fingerprint density at radius 3 is 2.50 bits per heavy atom. The highest BCUT2D eigenvalue weighted by molar-refractivity contribution is 7.86. The highest BCUT2D eigenvalue weighted by Gasteiger charge is 2.32. The van der Waals surface area contributed by atoms with Crippen LogP contribution in [0, 0.1) is 6.92 Å². The quantitative estimate of drug-likeness (QED) is 0.553. The fraction of sp³-hybridized carbons (Fsp3) is 0.556. The lowest BCUT2D eigenvalue weighted by Crippen LogP contribution is -2.40. The average Bonchev–Trinajstić information content (AvgIpc) is 2.49. The summed E-state index contributed by atoms with van der Waals surface area (Å²) in [4.78, 5) is 1.46. The van der Waals surface area contributed by atoms with Gasteiger partial charge in [-0.2, -0.15) is 8.42 Å². The summed E-state index contributed by atoms with van der Waals surface area (Å²) >= 11 is 1.30. The van der Waals surface area contributed by atoms with Crippen LogP contribution in [0.2, 0.25) is 0 Å². The summed E-state index contributed by atoms with van der Waals surface area (Å²) in [5, 5.41) is 8.84.